The number of carbonyl (C=O) groups is 1. The van der Waals surface area contributed by atoms with Crippen LogP contribution in [0.5, 0.6) is 0 Å². The quantitative estimate of drug-likeness (QED) is 0.321. The van der Waals surface area contributed by atoms with E-state index in [9.17, 15) is 18.0 Å². The largest absolute Gasteiger partial charge is 0.336 e. The van der Waals surface area contributed by atoms with Gasteiger partial charge in [-0.3, -0.25) is 9.59 Å². The van der Waals surface area contributed by atoms with Gasteiger partial charge in [-0.2, -0.15) is 0 Å². The van der Waals surface area contributed by atoms with Crippen LogP contribution in [0, 0.1) is 6.92 Å². The zero-order valence-corrected chi connectivity index (χ0v) is 23.3. The van der Waals surface area contributed by atoms with E-state index in [2.05, 4.69) is 36.4 Å². The molecule has 0 unspecified atom stereocenters. The van der Waals surface area contributed by atoms with Crippen LogP contribution in [0.25, 0.3) is 11.3 Å². The second kappa shape index (κ2) is 10.5. The molecule has 9 nitrogen and oxygen atoms in total. The minimum Gasteiger partial charge on any atom is -0.336 e. The lowest BCUT2D eigenvalue weighted by Crippen LogP contribution is -2.21. The number of hydrogen-bond donors (Lipinski definition) is 3. The third-order valence-corrected chi connectivity index (χ3v) is 7.32. The first-order chi connectivity index (χ1) is 18.2. The van der Waals surface area contributed by atoms with Crippen LogP contribution >= 0.6 is 0 Å². The fourth-order valence-electron chi connectivity index (χ4n) is 4.05. The van der Waals surface area contributed by atoms with E-state index in [-0.39, 0.29) is 27.6 Å². The molecule has 0 bridgehead atoms. The van der Waals surface area contributed by atoms with Gasteiger partial charge in [-0.1, -0.05) is 45.0 Å². The predicted octanol–water partition coefficient (Wildman–Crippen LogP) is 4.70. The summed E-state index contributed by atoms with van der Waals surface area (Å²) in [4.78, 5) is 30.3. The summed E-state index contributed by atoms with van der Waals surface area (Å²) in [5.74, 6) is -0.166. The lowest BCUT2D eigenvalue weighted by Gasteiger charge is -2.19. The highest BCUT2D eigenvalue weighted by molar-refractivity contribution is 7.89. The van der Waals surface area contributed by atoms with E-state index in [0.717, 1.165) is 16.7 Å². The molecule has 0 radical (unpaired) electrons. The first kappa shape index (κ1) is 27.7. The number of primary sulfonamides is 1. The van der Waals surface area contributed by atoms with Gasteiger partial charge < -0.3 is 15.2 Å². The summed E-state index contributed by atoms with van der Waals surface area (Å²) in [5, 5.41) is 11.1. The monoisotopic (exact) mass is 545 g/mol. The van der Waals surface area contributed by atoms with Gasteiger partial charge in [0.25, 0.3) is 11.5 Å². The summed E-state index contributed by atoms with van der Waals surface area (Å²) in [7, 11) is -2.22. The molecule has 1 heterocycles. The van der Waals surface area contributed by atoms with E-state index in [0.29, 0.717) is 22.6 Å². The highest BCUT2D eigenvalue weighted by Crippen LogP contribution is 2.29. The fourth-order valence-corrected chi connectivity index (χ4v) is 4.56. The molecule has 0 aliphatic carbocycles. The summed E-state index contributed by atoms with van der Waals surface area (Å²) in [6.07, 6.45) is 1.62. The molecule has 39 heavy (non-hydrogen) atoms. The minimum atomic E-state index is -3.83. The fraction of sp³-hybridized carbons (Fsp3) is 0.207. The average molecular weight is 546 g/mol. The Morgan fingerprint density at radius 1 is 0.974 bits per heavy atom. The zero-order valence-electron chi connectivity index (χ0n) is 22.4. The maximum absolute atomic E-state index is 13.0. The van der Waals surface area contributed by atoms with Crippen molar-refractivity contribution < 1.29 is 13.2 Å². The molecule has 0 aliphatic rings. The lowest BCUT2D eigenvalue weighted by atomic mass is 9.86. The van der Waals surface area contributed by atoms with Gasteiger partial charge in [-0.15, -0.1) is 0 Å². The number of anilines is 3. The summed E-state index contributed by atoms with van der Waals surface area (Å²) in [5.41, 5.74) is 4.45. The molecule has 202 valence electrons. The van der Waals surface area contributed by atoms with Crippen LogP contribution in [0.1, 0.15) is 42.3 Å². The van der Waals surface area contributed by atoms with Crippen molar-refractivity contribution in [3.05, 3.63) is 100.0 Å². The Kier molecular flexibility index (Phi) is 7.45. The molecule has 0 atom stereocenters. The summed E-state index contributed by atoms with van der Waals surface area (Å²) < 4.78 is 24.5. The SMILES string of the molecule is Cc1c(NC(=O)c2ccc(C(C)(C)C)cc2)cccc1-c1cn(C)c(=O)c(Nc2ccc(S(N)(=O)=O)cc2)n1. The zero-order chi connectivity index (χ0) is 28.5. The molecular weight excluding hydrogens is 514 g/mol. The summed E-state index contributed by atoms with van der Waals surface area (Å²) in [6.45, 7) is 8.24. The first-order valence-corrected chi connectivity index (χ1v) is 13.8. The second-order valence-electron chi connectivity index (χ2n) is 10.3. The Balaban J connectivity index is 1.62. The smallest absolute Gasteiger partial charge is 0.293 e. The standard InChI is InChI=1S/C29H31N5O4S/c1-18-23(7-6-8-24(18)33-27(35)19-9-11-20(12-10-19)29(2,3)4)25-17-34(5)28(36)26(32-25)31-21-13-15-22(16-14-21)39(30,37)38/h6-17H,1-5H3,(H,31,32)(H,33,35)(H2,30,37,38). The van der Waals surface area contributed by atoms with Crippen LogP contribution in [0.2, 0.25) is 0 Å². The van der Waals surface area contributed by atoms with Crippen LogP contribution < -0.4 is 21.3 Å². The van der Waals surface area contributed by atoms with Gasteiger partial charge in [-0.25, -0.2) is 18.5 Å². The molecule has 10 heteroatoms. The van der Waals surface area contributed by atoms with Crippen molar-refractivity contribution in [2.45, 2.75) is 38.0 Å². The number of aryl methyl sites for hydroxylation is 1. The van der Waals surface area contributed by atoms with Crippen LogP contribution in [0.3, 0.4) is 0 Å². The maximum atomic E-state index is 13.0. The molecule has 1 amide bonds. The predicted molar refractivity (Wildman–Crippen MR) is 154 cm³/mol. The number of hydrogen-bond acceptors (Lipinski definition) is 6. The maximum Gasteiger partial charge on any atom is 0.293 e. The van der Waals surface area contributed by atoms with Gasteiger partial charge in [0.1, 0.15) is 0 Å². The Labute approximate surface area is 227 Å². The van der Waals surface area contributed by atoms with E-state index in [1.54, 1.807) is 13.2 Å². The number of aromatic nitrogens is 2. The van der Waals surface area contributed by atoms with E-state index < -0.39 is 10.0 Å². The van der Waals surface area contributed by atoms with Gasteiger partial charge in [0, 0.05) is 35.7 Å². The summed E-state index contributed by atoms with van der Waals surface area (Å²) >= 11 is 0. The molecule has 0 aliphatic heterocycles. The van der Waals surface area contributed by atoms with Crippen molar-refractivity contribution in [3.63, 3.8) is 0 Å². The summed E-state index contributed by atoms with van der Waals surface area (Å²) in [6, 6.07) is 18.7. The third kappa shape index (κ3) is 6.24. The first-order valence-electron chi connectivity index (χ1n) is 12.2. The van der Waals surface area contributed by atoms with Crippen molar-refractivity contribution >= 4 is 33.1 Å². The Bertz CT molecular complexity index is 1700. The Hall–Kier alpha value is -4.28. The van der Waals surface area contributed by atoms with E-state index >= 15 is 0 Å². The molecule has 0 spiro atoms. The lowest BCUT2D eigenvalue weighted by molar-refractivity contribution is 0.102. The molecular formula is C29H31N5O4S. The van der Waals surface area contributed by atoms with Crippen LogP contribution in [-0.4, -0.2) is 23.9 Å². The van der Waals surface area contributed by atoms with Crippen LogP contribution in [0.15, 0.2) is 82.6 Å². The van der Waals surface area contributed by atoms with Crippen molar-refractivity contribution in [3.8, 4) is 11.3 Å². The highest BCUT2D eigenvalue weighted by Gasteiger charge is 2.17. The number of nitrogens with zero attached hydrogens (tertiary/aromatic N) is 2. The average Bonchev–Trinajstić information content (AvgIpc) is 2.87. The topological polar surface area (TPSA) is 136 Å². The third-order valence-electron chi connectivity index (χ3n) is 6.39. The highest BCUT2D eigenvalue weighted by atomic mass is 32.2. The number of sulfonamides is 1. The molecule has 0 saturated carbocycles. The molecule has 4 rings (SSSR count). The second-order valence-corrected chi connectivity index (χ2v) is 11.9. The van der Waals surface area contributed by atoms with Crippen LogP contribution in [-0.2, 0) is 22.5 Å². The van der Waals surface area contributed by atoms with Gasteiger partial charge in [0.2, 0.25) is 10.0 Å². The van der Waals surface area contributed by atoms with E-state index in [1.807, 2.05) is 49.4 Å². The Morgan fingerprint density at radius 2 is 1.62 bits per heavy atom. The van der Waals surface area contributed by atoms with Crippen molar-refractivity contribution in [2.24, 2.45) is 12.2 Å². The molecule has 1 aromatic heterocycles. The normalized spacial score (nSPS) is 11.7. The van der Waals surface area contributed by atoms with Crippen molar-refractivity contribution in [1.29, 1.82) is 0 Å². The van der Waals surface area contributed by atoms with Gasteiger partial charge in [-0.05, 0) is 65.9 Å². The number of nitrogens with one attached hydrogen (secondary N) is 2. The number of amides is 1. The molecule has 0 fully saturated rings. The van der Waals surface area contributed by atoms with Gasteiger partial charge in [0.15, 0.2) is 5.82 Å². The van der Waals surface area contributed by atoms with Gasteiger partial charge in [0.05, 0.1) is 10.6 Å². The Morgan fingerprint density at radius 3 is 2.21 bits per heavy atom. The number of carbonyl (C=O) groups excluding carboxylic acids is 1. The van der Waals surface area contributed by atoms with Gasteiger partial charge >= 0.3 is 0 Å². The number of nitrogens with two attached hydrogens (primary N) is 1. The molecule has 3 aromatic carbocycles. The van der Waals surface area contributed by atoms with E-state index in [4.69, 9.17) is 5.14 Å². The molecule has 4 N–H and O–H groups in total. The van der Waals surface area contributed by atoms with Crippen LogP contribution in [0.4, 0.5) is 17.2 Å². The minimum absolute atomic E-state index is 0.00894. The van der Waals surface area contributed by atoms with Crippen molar-refractivity contribution in [1.82, 2.24) is 9.55 Å². The molecule has 4 aromatic rings. The number of benzene rings is 3. The number of rotatable bonds is 6. The van der Waals surface area contributed by atoms with E-state index in [1.165, 1.54) is 28.8 Å². The van der Waals surface area contributed by atoms with Crippen molar-refractivity contribution in [2.75, 3.05) is 10.6 Å². The molecule has 0 saturated heterocycles.